The number of aromatic nitrogens is 2. The normalized spacial score (nSPS) is 11.6. The van der Waals surface area contributed by atoms with Crippen LogP contribution in [0.5, 0.6) is 0 Å². The van der Waals surface area contributed by atoms with E-state index in [0.29, 0.717) is 0 Å². The van der Waals surface area contributed by atoms with E-state index in [9.17, 15) is 0 Å². The van der Waals surface area contributed by atoms with Gasteiger partial charge in [-0.3, -0.25) is 4.57 Å². The van der Waals surface area contributed by atoms with Crippen molar-refractivity contribution < 1.29 is 4.42 Å². The van der Waals surface area contributed by atoms with Gasteiger partial charge in [0.05, 0.1) is 16.6 Å². The number of furan rings is 1. The summed E-state index contributed by atoms with van der Waals surface area (Å²) in [6.07, 6.45) is 1.85. The summed E-state index contributed by atoms with van der Waals surface area (Å²) in [5.74, 6) is 0.887. The standard InChI is InChI=1S/C34H26N2O/c1-21-13-14-25-19-32-28(18-26(25)15-21)29(20-37-32)34-35-30-11-7-8-12-31(30)36(34)27-16-22(2)33(23(3)17-27)24-9-5-4-6-10-24/h4-20H,1-3H3. The first-order valence-corrected chi connectivity index (χ1v) is 12.6. The van der Waals surface area contributed by atoms with Crippen LogP contribution < -0.4 is 0 Å². The molecule has 0 unspecified atom stereocenters. The highest BCUT2D eigenvalue weighted by Gasteiger charge is 2.20. The molecular formula is C34H26N2O. The lowest BCUT2D eigenvalue weighted by atomic mass is 9.95. The fourth-order valence-electron chi connectivity index (χ4n) is 5.66. The number of aryl methyl sites for hydroxylation is 3. The SMILES string of the molecule is Cc1ccc2cc3occ(-c4nc5ccccc5n4-c4cc(C)c(-c5ccccc5)c(C)c4)c3cc2c1. The fourth-order valence-corrected chi connectivity index (χ4v) is 5.66. The first-order chi connectivity index (χ1) is 18.1. The largest absolute Gasteiger partial charge is 0.464 e. The van der Waals surface area contributed by atoms with Crippen molar-refractivity contribution in [2.45, 2.75) is 20.8 Å². The Morgan fingerprint density at radius 3 is 2.27 bits per heavy atom. The monoisotopic (exact) mass is 478 g/mol. The van der Waals surface area contributed by atoms with Crippen LogP contribution in [0.15, 0.2) is 108 Å². The Morgan fingerprint density at radius 2 is 1.46 bits per heavy atom. The average Bonchev–Trinajstić information content (AvgIpc) is 3.48. The predicted octanol–water partition coefficient (Wildman–Crippen LogP) is 9.18. The number of fused-ring (bicyclic) bond motifs is 3. The van der Waals surface area contributed by atoms with E-state index >= 15 is 0 Å². The quantitative estimate of drug-likeness (QED) is 0.253. The van der Waals surface area contributed by atoms with Crippen molar-refractivity contribution in [2.75, 3.05) is 0 Å². The summed E-state index contributed by atoms with van der Waals surface area (Å²) < 4.78 is 8.37. The van der Waals surface area contributed by atoms with E-state index in [1.54, 1.807) is 0 Å². The summed E-state index contributed by atoms with van der Waals surface area (Å²) >= 11 is 0. The molecule has 7 rings (SSSR count). The minimum Gasteiger partial charge on any atom is -0.464 e. The van der Waals surface area contributed by atoms with Gasteiger partial charge in [-0.05, 0) is 90.2 Å². The van der Waals surface area contributed by atoms with Crippen LogP contribution >= 0.6 is 0 Å². The Morgan fingerprint density at radius 1 is 0.703 bits per heavy atom. The van der Waals surface area contributed by atoms with Crippen molar-refractivity contribution in [1.29, 1.82) is 0 Å². The number of para-hydroxylation sites is 2. The molecule has 2 aromatic heterocycles. The van der Waals surface area contributed by atoms with Gasteiger partial charge in [0, 0.05) is 11.1 Å². The number of hydrogen-bond donors (Lipinski definition) is 0. The first-order valence-electron chi connectivity index (χ1n) is 12.6. The molecule has 0 aliphatic carbocycles. The van der Waals surface area contributed by atoms with Crippen LogP contribution in [0.1, 0.15) is 16.7 Å². The summed E-state index contributed by atoms with van der Waals surface area (Å²) in [7, 11) is 0. The third-order valence-electron chi connectivity index (χ3n) is 7.33. The van der Waals surface area contributed by atoms with Crippen LogP contribution in [0.2, 0.25) is 0 Å². The number of imidazole rings is 1. The Hall–Kier alpha value is -4.63. The molecular weight excluding hydrogens is 452 g/mol. The second kappa shape index (κ2) is 8.21. The smallest absolute Gasteiger partial charge is 0.149 e. The summed E-state index contributed by atoms with van der Waals surface area (Å²) in [6, 6.07) is 34.4. The van der Waals surface area contributed by atoms with E-state index < -0.39 is 0 Å². The maximum Gasteiger partial charge on any atom is 0.149 e. The molecule has 0 N–H and O–H groups in total. The van der Waals surface area contributed by atoms with Gasteiger partial charge in [0.2, 0.25) is 0 Å². The van der Waals surface area contributed by atoms with Crippen molar-refractivity contribution in [3.63, 3.8) is 0 Å². The lowest BCUT2D eigenvalue weighted by Crippen LogP contribution is -2.00. The molecule has 0 saturated heterocycles. The molecule has 0 aliphatic rings. The second-order valence-corrected chi connectivity index (χ2v) is 9.93. The van der Waals surface area contributed by atoms with Crippen molar-refractivity contribution in [1.82, 2.24) is 9.55 Å². The molecule has 0 radical (unpaired) electrons. The van der Waals surface area contributed by atoms with Gasteiger partial charge in [-0.25, -0.2) is 4.98 Å². The highest BCUT2D eigenvalue weighted by atomic mass is 16.3. The summed E-state index contributed by atoms with van der Waals surface area (Å²) in [5, 5.41) is 3.45. The third-order valence-corrected chi connectivity index (χ3v) is 7.33. The second-order valence-electron chi connectivity index (χ2n) is 9.93. The molecule has 0 spiro atoms. The third kappa shape index (κ3) is 3.47. The van der Waals surface area contributed by atoms with Crippen LogP contribution in [0.25, 0.3) is 61.0 Å². The zero-order valence-corrected chi connectivity index (χ0v) is 21.1. The minimum atomic E-state index is 0.872. The molecule has 3 heteroatoms. The molecule has 0 saturated carbocycles. The topological polar surface area (TPSA) is 31.0 Å². The summed E-state index contributed by atoms with van der Waals surface area (Å²) in [6.45, 7) is 6.52. The zero-order chi connectivity index (χ0) is 25.1. The maximum absolute atomic E-state index is 6.10. The lowest BCUT2D eigenvalue weighted by Gasteiger charge is -2.16. The van der Waals surface area contributed by atoms with Gasteiger partial charge in [-0.15, -0.1) is 0 Å². The summed E-state index contributed by atoms with van der Waals surface area (Å²) in [5.41, 5.74) is 11.3. The molecule has 5 aromatic carbocycles. The molecule has 0 bridgehead atoms. The van der Waals surface area contributed by atoms with Crippen LogP contribution in [-0.2, 0) is 0 Å². The molecule has 0 fully saturated rings. The van der Waals surface area contributed by atoms with Gasteiger partial charge in [0.25, 0.3) is 0 Å². The Bertz CT molecular complexity index is 1930. The Labute approximate surface area is 215 Å². The number of rotatable bonds is 3. The first kappa shape index (κ1) is 21.6. The highest BCUT2D eigenvalue weighted by molar-refractivity contribution is 6.03. The molecule has 178 valence electrons. The van der Waals surface area contributed by atoms with Crippen molar-refractivity contribution in [3.8, 4) is 28.2 Å². The maximum atomic E-state index is 6.10. The van der Waals surface area contributed by atoms with Gasteiger partial charge in [0.1, 0.15) is 17.7 Å². The Kier molecular flexibility index (Phi) is 4.80. The molecule has 3 nitrogen and oxygen atoms in total. The van der Waals surface area contributed by atoms with Crippen molar-refractivity contribution in [3.05, 3.63) is 120 Å². The average molecular weight is 479 g/mol. The van der Waals surface area contributed by atoms with Gasteiger partial charge >= 0.3 is 0 Å². The number of hydrogen-bond acceptors (Lipinski definition) is 2. The molecule has 0 aliphatic heterocycles. The van der Waals surface area contributed by atoms with Crippen LogP contribution in [-0.4, -0.2) is 9.55 Å². The van der Waals surface area contributed by atoms with Gasteiger partial charge in [-0.2, -0.15) is 0 Å². The van der Waals surface area contributed by atoms with E-state index in [0.717, 1.165) is 39.1 Å². The molecule has 0 amide bonds. The van der Waals surface area contributed by atoms with E-state index in [-0.39, 0.29) is 0 Å². The molecule has 37 heavy (non-hydrogen) atoms. The fraction of sp³-hybridized carbons (Fsp3) is 0.0882. The molecule has 7 aromatic rings. The molecule has 2 heterocycles. The van der Waals surface area contributed by atoms with Crippen LogP contribution in [0, 0.1) is 20.8 Å². The van der Waals surface area contributed by atoms with Crippen LogP contribution in [0.3, 0.4) is 0 Å². The zero-order valence-electron chi connectivity index (χ0n) is 21.1. The number of benzene rings is 5. The van der Waals surface area contributed by atoms with E-state index in [1.807, 2.05) is 12.3 Å². The minimum absolute atomic E-state index is 0.872. The Balaban J connectivity index is 1.49. The van der Waals surface area contributed by atoms with Gasteiger partial charge in [-0.1, -0.05) is 66.2 Å². The van der Waals surface area contributed by atoms with E-state index in [2.05, 4.69) is 116 Å². The molecule has 0 atom stereocenters. The van der Waals surface area contributed by atoms with Gasteiger partial charge < -0.3 is 4.42 Å². The van der Waals surface area contributed by atoms with Gasteiger partial charge in [0.15, 0.2) is 0 Å². The lowest BCUT2D eigenvalue weighted by molar-refractivity contribution is 0.617. The van der Waals surface area contributed by atoms with Crippen LogP contribution in [0.4, 0.5) is 0 Å². The van der Waals surface area contributed by atoms with E-state index in [4.69, 9.17) is 9.40 Å². The number of nitrogens with zero attached hydrogens (tertiary/aromatic N) is 2. The predicted molar refractivity (Wildman–Crippen MR) is 153 cm³/mol. The highest BCUT2D eigenvalue weighted by Crippen LogP contribution is 2.38. The van der Waals surface area contributed by atoms with Crippen molar-refractivity contribution in [2.24, 2.45) is 0 Å². The van der Waals surface area contributed by atoms with Crippen molar-refractivity contribution >= 4 is 32.8 Å². The van der Waals surface area contributed by atoms with E-state index in [1.165, 1.54) is 38.6 Å². The summed E-state index contributed by atoms with van der Waals surface area (Å²) in [4.78, 5) is 5.12.